The molecule has 0 aliphatic carbocycles. The van der Waals surface area contributed by atoms with Crippen LogP contribution in [-0.4, -0.2) is 23.1 Å². The minimum atomic E-state index is 0.671. The van der Waals surface area contributed by atoms with Crippen LogP contribution in [0.5, 0.6) is 0 Å². The minimum absolute atomic E-state index is 0.671. The van der Waals surface area contributed by atoms with E-state index in [1.807, 2.05) is 6.07 Å². The lowest BCUT2D eigenvalue weighted by molar-refractivity contribution is 0.520. The van der Waals surface area contributed by atoms with Crippen molar-refractivity contribution in [3.8, 4) is 0 Å². The molecule has 1 aliphatic heterocycles. The van der Waals surface area contributed by atoms with E-state index in [4.69, 9.17) is 11.6 Å². The molecule has 2 aromatic heterocycles. The second-order valence-electron chi connectivity index (χ2n) is 5.53. The summed E-state index contributed by atoms with van der Waals surface area (Å²) < 4.78 is 0. The zero-order chi connectivity index (χ0) is 14.7. The van der Waals surface area contributed by atoms with Gasteiger partial charge in [-0.1, -0.05) is 29.7 Å². The van der Waals surface area contributed by atoms with Gasteiger partial charge >= 0.3 is 0 Å². The van der Waals surface area contributed by atoms with E-state index in [1.165, 1.54) is 43.3 Å². The van der Waals surface area contributed by atoms with Gasteiger partial charge in [-0.05, 0) is 51.1 Å². The van der Waals surface area contributed by atoms with Crippen molar-refractivity contribution >= 4 is 33.5 Å². The predicted molar refractivity (Wildman–Crippen MR) is 90.1 cm³/mol. The first kappa shape index (κ1) is 14.4. The normalized spacial score (nSPS) is 15.0. The number of piperidine rings is 1. The van der Waals surface area contributed by atoms with E-state index in [2.05, 4.69) is 40.4 Å². The number of nitrogens with zero attached hydrogens (tertiary/aromatic N) is 1. The van der Waals surface area contributed by atoms with Gasteiger partial charge in [0.15, 0.2) is 0 Å². The van der Waals surface area contributed by atoms with Crippen LogP contribution in [0.25, 0.3) is 21.9 Å². The molecule has 0 atom stereocenters. The molecular formula is C17H20ClN3. The molecule has 3 heterocycles. The van der Waals surface area contributed by atoms with Gasteiger partial charge in [0, 0.05) is 22.5 Å². The van der Waals surface area contributed by atoms with Crippen molar-refractivity contribution in [2.75, 3.05) is 13.1 Å². The Labute approximate surface area is 129 Å². The first-order valence-electron chi connectivity index (χ1n) is 7.48. The summed E-state index contributed by atoms with van der Waals surface area (Å²) in [6.45, 7) is 4.58. The molecule has 110 valence electrons. The van der Waals surface area contributed by atoms with Gasteiger partial charge in [0.05, 0.1) is 5.02 Å². The molecule has 0 unspecified atom stereocenters. The number of aryl methyl sites for hydroxylation is 1. The number of aromatic nitrogens is 2. The van der Waals surface area contributed by atoms with Crippen LogP contribution in [0, 0.1) is 6.92 Å². The molecule has 4 heteroatoms. The average molecular weight is 302 g/mol. The zero-order valence-electron chi connectivity index (χ0n) is 12.2. The van der Waals surface area contributed by atoms with Crippen molar-refractivity contribution in [1.29, 1.82) is 0 Å². The molecule has 1 fully saturated rings. The van der Waals surface area contributed by atoms with Crippen LogP contribution in [0.15, 0.2) is 30.5 Å². The highest BCUT2D eigenvalue weighted by atomic mass is 35.5. The Bertz CT molecular complexity index is 676. The molecule has 1 aromatic carbocycles. The highest BCUT2D eigenvalue weighted by Crippen LogP contribution is 2.26. The Hall–Kier alpha value is -1.58. The number of hydrogen-bond donors (Lipinski definition) is 2. The van der Waals surface area contributed by atoms with Crippen molar-refractivity contribution in [2.24, 2.45) is 0 Å². The largest absolute Gasteiger partial charge is 0.339 e. The molecule has 0 bridgehead atoms. The molecule has 1 saturated heterocycles. The quantitative estimate of drug-likeness (QED) is 0.644. The van der Waals surface area contributed by atoms with Crippen LogP contribution in [0.3, 0.4) is 0 Å². The molecule has 3 nitrogen and oxygen atoms in total. The first-order valence-corrected chi connectivity index (χ1v) is 7.86. The molecule has 2 N–H and O–H groups in total. The molecule has 0 radical (unpaired) electrons. The molecule has 3 aromatic rings. The molecule has 4 rings (SSSR count). The summed E-state index contributed by atoms with van der Waals surface area (Å²) in [6.07, 6.45) is 5.87. The van der Waals surface area contributed by atoms with Crippen molar-refractivity contribution in [3.63, 3.8) is 0 Å². The zero-order valence-corrected chi connectivity index (χ0v) is 13.0. The first-order chi connectivity index (χ1) is 10.2. The second kappa shape index (κ2) is 6.46. The fourth-order valence-corrected chi connectivity index (χ4v) is 2.82. The number of benzene rings is 1. The summed E-state index contributed by atoms with van der Waals surface area (Å²) in [4.78, 5) is 7.52. The average Bonchev–Trinajstić information content (AvgIpc) is 2.87. The van der Waals surface area contributed by atoms with E-state index in [0.29, 0.717) is 5.02 Å². The van der Waals surface area contributed by atoms with Gasteiger partial charge in [-0.3, -0.25) is 0 Å². The highest BCUT2D eigenvalue weighted by Gasteiger charge is 2.05. The number of fused-ring (bicyclic) bond motifs is 3. The summed E-state index contributed by atoms with van der Waals surface area (Å²) in [5.41, 5.74) is 3.23. The van der Waals surface area contributed by atoms with Crippen molar-refractivity contribution in [2.45, 2.75) is 26.2 Å². The Morgan fingerprint density at radius 3 is 2.52 bits per heavy atom. The third-order valence-corrected chi connectivity index (χ3v) is 3.99. The SMILES string of the molecule is C1CCNCC1.Cc1ccc2[nH]c3ncc(Cl)cc3c2c1. The van der Waals surface area contributed by atoms with E-state index < -0.39 is 0 Å². The number of pyridine rings is 1. The maximum atomic E-state index is 5.94. The summed E-state index contributed by atoms with van der Waals surface area (Å²) in [5, 5.41) is 6.22. The topological polar surface area (TPSA) is 40.7 Å². The molecule has 0 spiro atoms. The summed E-state index contributed by atoms with van der Waals surface area (Å²) >= 11 is 5.94. The van der Waals surface area contributed by atoms with Crippen LogP contribution in [-0.2, 0) is 0 Å². The number of rotatable bonds is 0. The lowest BCUT2D eigenvalue weighted by atomic mass is 10.1. The van der Waals surface area contributed by atoms with Gasteiger partial charge in [-0.15, -0.1) is 0 Å². The van der Waals surface area contributed by atoms with Gasteiger partial charge in [-0.2, -0.15) is 0 Å². The Balaban J connectivity index is 0.000000186. The summed E-state index contributed by atoms with van der Waals surface area (Å²) in [7, 11) is 0. The maximum Gasteiger partial charge on any atom is 0.138 e. The lowest BCUT2D eigenvalue weighted by Gasteiger charge is -2.08. The Morgan fingerprint density at radius 2 is 1.86 bits per heavy atom. The van der Waals surface area contributed by atoms with Gasteiger partial charge in [0.2, 0.25) is 0 Å². The Morgan fingerprint density at radius 1 is 1.05 bits per heavy atom. The monoisotopic (exact) mass is 301 g/mol. The van der Waals surface area contributed by atoms with Gasteiger partial charge in [0.25, 0.3) is 0 Å². The molecular weight excluding hydrogens is 282 g/mol. The van der Waals surface area contributed by atoms with E-state index in [1.54, 1.807) is 6.20 Å². The second-order valence-corrected chi connectivity index (χ2v) is 5.97. The number of nitrogens with one attached hydrogen (secondary N) is 2. The Kier molecular flexibility index (Phi) is 4.42. The van der Waals surface area contributed by atoms with E-state index in [9.17, 15) is 0 Å². The smallest absolute Gasteiger partial charge is 0.138 e. The van der Waals surface area contributed by atoms with Crippen LogP contribution < -0.4 is 5.32 Å². The summed E-state index contributed by atoms with van der Waals surface area (Å²) in [5.74, 6) is 0. The third-order valence-electron chi connectivity index (χ3n) is 3.78. The molecule has 0 amide bonds. The van der Waals surface area contributed by atoms with E-state index >= 15 is 0 Å². The van der Waals surface area contributed by atoms with E-state index in [0.717, 1.165) is 16.6 Å². The van der Waals surface area contributed by atoms with Crippen molar-refractivity contribution in [3.05, 3.63) is 41.0 Å². The van der Waals surface area contributed by atoms with Gasteiger partial charge in [0.1, 0.15) is 5.65 Å². The number of hydrogen-bond acceptors (Lipinski definition) is 2. The third kappa shape index (κ3) is 3.36. The van der Waals surface area contributed by atoms with Crippen molar-refractivity contribution in [1.82, 2.24) is 15.3 Å². The number of aromatic amines is 1. The summed E-state index contributed by atoms with van der Waals surface area (Å²) in [6, 6.07) is 8.24. The number of halogens is 1. The predicted octanol–water partition coefficient (Wildman–Crippen LogP) is 4.44. The molecule has 21 heavy (non-hydrogen) atoms. The fraction of sp³-hybridized carbons (Fsp3) is 0.353. The van der Waals surface area contributed by atoms with Crippen LogP contribution in [0.4, 0.5) is 0 Å². The lowest BCUT2D eigenvalue weighted by Crippen LogP contribution is -2.21. The van der Waals surface area contributed by atoms with Gasteiger partial charge in [-0.25, -0.2) is 4.98 Å². The molecule has 0 saturated carbocycles. The standard InChI is InChI=1S/C12H9ClN2.C5H11N/c1-7-2-3-11-9(4-7)10-5-8(13)6-14-12(10)15-11;1-2-4-6-5-3-1/h2-6H,1H3,(H,14,15);6H,1-5H2. The number of H-pyrrole nitrogens is 1. The minimum Gasteiger partial charge on any atom is -0.339 e. The maximum absolute atomic E-state index is 5.94. The molecule has 1 aliphatic rings. The van der Waals surface area contributed by atoms with Crippen LogP contribution in [0.1, 0.15) is 24.8 Å². The van der Waals surface area contributed by atoms with E-state index in [-0.39, 0.29) is 0 Å². The van der Waals surface area contributed by atoms with Crippen LogP contribution >= 0.6 is 11.6 Å². The van der Waals surface area contributed by atoms with Crippen molar-refractivity contribution < 1.29 is 0 Å². The van der Waals surface area contributed by atoms with Crippen LogP contribution in [0.2, 0.25) is 5.02 Å². The highest BCUT2D eigenvalue weighted by molar-refractivity contribution is 6.31. The van der Waals surface area contributed by atoms with Gasteiger partial charge < -0.3 is 10.3 Å². The fourth-order valence-electron chi connectivity index (χ4n) is 2.66.